The first-order valence-corrected chi connectivity index (χ1v) is 8.86. The summed E-state index contributed by atoms with van der Waals surface area (Å²) in [4.78, 5) is 21.4. The fourth-order valence-corrected chi connectivity index (χ4v) is 3.34. The number of hydrogen-bond donors (Lipinski definition) is 2. The van der Waals surface area contributed by atoms with E-state index in [4.69, 9.17) is 5.26 Å². The average molecular weight is 370 g/mol. The molecule has 0 saturated carbocycles. The third-order valence-corrected chi connectivity index (χ3v) is 4.71. The molecular weight excluding hydrogens is 352 g/mol. The normalized spacial score (nSPS) is 15.5. The number of aliphatic imine (C=N–C) groups is 1. The second-order valence-electron chi connectivity index (χ2n) is 7.31. The van der Waals surface area contributed by atoms with Gasteiger partial charge in [0.2, 0.25) is 0 Å². The minimum absolute atomic E-state index is 0.277. The predicted octanol–water partition coefficient (Wildman–Crippen LogP) is 3.84. The topological polar surface area (TPSA) is 107 Å². The number of nitriles is 1. The maximum Gasteiger partial charge on any atom is 0.270 e. The van der Waals surface area contributed by atoms with Crippen molar-refractivity contribution >= 4 is 28.2 Å². The number of rotatable bonds is 3. The van der Waals surface area contributed by atoms with Gasteiger partial charge in [-0.15, -0.1) is 0 Å². The first kappa shape index (κ1) is 17.6. The maximum atomic E-state index is 12.8. The molecule has 3 heterocycles. The Morgan fingerprint density at radius 2 is 2.14 bits per heavy atom. The number of aromatic nitrogens is 3. The number of carbonyl (C=O) groups excluding carboxylic acids is 1. The Kier molecular flexibility index (Phi) is 4.24. The number of anilines is 1. The van der Waals surface area contributed by atoms with E-state index < -0.39 is 5.41 Å². The van der Waals surface area contributed by atoms with Crippen LogP contribution in [0.25, 0.3) is 22.3 Å². The van der Waals surface area contributed by atoms with Gasteiger partial charge in [-0.25, -0.2) is 0 Å². The van der Waals surface area contributed by atoms with E-state index >= 15 is 0 Å². The fourth-order valence-electron chi connectivity index (χ4n) is 3.34. The number of aromatic amines is 1. The number of benzene rings is 1. The summed E-state index contributed by atoms with van der Waals surface area (Å²) in [6, 6.07) is 13.3. The van der Waals surface area contributed by atoms with E-state index in [2.05, 4.69) is 31.6 Å². The molecule has 0 spiro atoms. The highest BCUT2D eigenvalue weighted by Gasteiger charge is 2.33. The molecule has 138 valence electrons. The molecule has 7 nitrogen and oxygen atoms in total. The molecule has 3 aromatic rings. The molecule has 1 aliphatic heterocycles. The van der Waals surface area contributed by atoms with Crippen molar-refractivity contribution in [3.8, 4) is 17.5 Å². The molecule has 1 aromatic carbocycles. The molecule has 0 aliphatic carbocycles. The van der Waals surface area contributed by atoms with Crippen molar-refractivity contribution in [2.45, 2.75) is 20.3 Å². The quantitative estimate of drug-likeness (QED) is 0.730. The average Bonchev–Trinajstić information content (AvgIpc) is 3.11. The molecule has 28 heavy (non-hydrogen) atoms. The largest absolute Gasteiger partial charge is 0.321 e. The summed E-state index contributed by atoms with van der Waals surface area (Å²) >= 11 is 0. The number of amides is 1. The van der Waals surface area contributed by atoms with E-state index in [0.29, 0.717) is 23.4 Å². The number of carbonyl (C=O) groups is 1. The van der Waals surface area contributed by atoms with Gasteiger partial charge in [0.1, 0.15) is 11.4 Å². The monoisotopic (exact) mass is 370 g/mol. The molecule has 2 aromatic heterocycles. The second-order valence-corrected chi connectivity index (χ2v) is 7.31. The first-order chi connectivity index (χ1) is 13.5. The lowest BCUT2D eigenvalue weighted by atomic mass is 9.79. The van der Waals surface area contributed by atoms with Crippen molar-refractivity contribution < 1.29 is 4.79 Å². The van der Waals surface area contributed by atoms with Gasteiger partial charge >= 0.3 is 0 Å². The number of nitrogens with zero attached hydrogens (tertiary/aromatic N) is 4. The summed E-state index contributed by atoms with van der Waals surface area (Å²) in [6.45, 7) is 3.82. The van der Waals surface area contributed by atoms with Crippen molar-refractivity contribution in [2.75, 3.05) is 5.32 Å². The van der Waals surface area contributed by atoms with Crippen LogP contribution in [0.4, 0.5) is 5.69 Å². The van der Waals surface area contributed by atoms with Crippen LogP contribution in [-0.2, 0) is 4.79 Å². The number of hydrogen-bond acceptors (Lipinski definition) is 5. The fraction of sp³-hybridized carbons (Fsp3) is 0.190. The van der Waals surface area contributed by atoms with E-state index in [0.717, 1.165) is 22.3 Å². The molecule has 0 radical (unpaired) electrons. The van der Waals surface area contributed by atoms with Crippen LogP contribution in [0.3, 0.4) is 0 Å². The molecule has 2 N–H and O–H groups in total. The van der Waals surface area contributed by atoms with Gasteiger partial charge in [0.15, 0.2) is 0 Å². The molecule has 0 unspecified atom stereocenters. The Morgan fingerprint density at radius 3 is 2.86 bits per heavy atom. The molecule has 0 fully saturated rings. The van der Waals surface area contributed by atoms with E-state index in [1.165, 1.54) is 6.20 Å². The van der Waals surface area contributed by atoms with Gasteiger partial charge in [-0.1, -0.05) is 19.9 Å². The lowest BCUT2D eigenvalue weighted by Gasteiger charge is -2.27. The Hall–Kier alpha value is -3.79. The number of H-pyrrole nitrogens is 1. The summed E-state index contributed by atoms with van der Waals surface area (Å²) in [5.74, 6) is -0.277. The van der Waals surface area contributed by atoms with E-state index in [9.17, 15) is 4.79 Å². The second kappa shape index (κ2) is 6.74. The summed E-state index contributed by atoms with van der Waals surface area (Å²) in [7, 11) is 0. The lowest BCUT2D eigenvalue weighted by Crippen LogP contribution is -2.37. The van der Waals surface area contributed by atoms with Crippen molar-refractivity contribution in [2.24, 2.45) is 10.4 Å². The third-order valence-electron chi connectivity index (χ3n) is 4.71. The Morgan fingerprint density at radius 1 is 1.29 bits per heavy atom. The molecule has 1 aliphatic rings. The minimum Gasteiger partial charge on any atom is -0.321 e. The first-order valence-electron chi connectivity index (χ1n) is 8.86. The smallest absolute Gasteiger partial charge is 0.270 e. The maximum absolute atomic E-state index is 12.8. The number of allylic oxidation sites excluding steroid dienone is 1. The van der Waals surface area contributed by atoms with Gasteiger partial charge in [-0.2, -0.15) is 10.4 Å². The highest BCUT2D eigenvalue weighted by molar-refractivity contribution is 6.45. The zero-order valence-electron chi connectivity index (χ0n) is 15.5. The van der Waals surface area contributed by atoms with Crippen LogP contribution in [0.1, 0.15) is 20.3 Å². The van der Waals surface area contributed by atoms with Gasteiger partial charge in [0, 0.05) is 34.5 Å². The van der Waals surface area contributed by atoms with Crippen LogP contribution in [0.5, 0.6) is 0 Å². The Labute approximate surface area is 161 Å². The molecule has 7 heteroatoms. The minimum atomic E-state index is -0.511. The highest BCUT2D eigenvalue weighted by atomic mass is 16.1. The van der Waals surface area contributed by atoms with Gasteiger partial charge in [0.05, 0.1) is 17.3 Å². The van der Waals surface area contributed by atoms with Crippen molar-refractivity contribution in [1.82, 2.24) is 15.2 Å². The predicted molar refractivity (Wildman–Crippen MR) is 107 cm³/mol. The molecule has 1 amide bonds. The summed E-state index contributed by atoms with van der Waals surface area (Å²) < 4.78 is 0. The highest BCUT2D eigenvalue weighted by Crippen LogP contribution is 2.32. The Bertz CT molecular complexity index is 1160. The van der Waals surface area contributed by atoms with E-state index in [1.54, 1.807) is 6.20 Å². The molecular formula is C21H18N6O. The lowest BCUT2D eigenvalue weighted by molar-refractivity contribution is -0.110. The van der Waals surface area contributed by atoms with Gasteiger partial charge in [-0.3, -0.25) is 19.9 Å². The molecule has 4 rings (SSSR count). The van der Waals surface area contributed by atoms with Crippen molar-refractivity contribution in [1.29, 1.82) is 5.26 Å². The van der Waals surface area contributed by atoms with Crippen LogP contribution in [0.15, 0.2) is 59.4 Å². The number of nitrogens with one attached hydrogen (secondary N) is 2. The van der Waals surface area contributed by atoms with Crippen molar-refractivity contribution in [3.05, 3.63) is 54.4 Å². The van der Waals surface area contributed by atoms with Crippen LogP contribution >= 0.6 is 0 Å². The zero-order valence-corrected chi connectivity index (χ0v) is 15.5. The SMILES string of the molecule is CC1(C)CC(C#N)=CN=C1C(=O)Nc1ccc2[nH]nc(-c3ccccn3)c2c1. The van der Waals surface area contributed by atoms with Gasteiger partial charge in [0.25, 0.3) is 5.91 Å². The zero-order chi connectivity index (χ0) is 19.7. The molecule has 0 bridgehead atoms. The summed E-state index contributed by atoms with van der Waals surface area (Å²) in [6.07, 6.45) is 3.67. The number of fused-ring (bicyclic) bond motifs is 1. The molecule has 0 atom stereocenters. The van der Waals surface area contributed by atoms with Crippen LogP contribution in [0.2, 0.25) is 0 Å². The van der Waals surface area contributed by atoms with Crippen LogP contribution in [0, 0.1) is 16.7 Å². The summed E-state index contributed by atoms with van der Waals surface area (Å²) in [5, 5.41) is 20.2. The van der Waals surface area contributed by atoms with Gasteiger partial charge in [-0.05, 0) is 36.8 Å². The van der Waals surface area contributed by atoms with Gasteiger partial charge < -0.3 is 5.32 Å². The standard InChI is InChI=1S/C21H18N6O/c1-21(2)10-13(11-22)12-24-19(21)20(28)25-14-6-7-16-15(9-14)18(27-26-16)17-5-3-4-8-23-17/h3-9,12H,10H2,1-2H3,(H,25,28)(H,26,27). The number of pyridine rings is 1. The van der Waals surface area contributed by atoms with Crippen molar-refractivity contribution in [3.63, 3.8) is 0 Å². The Balaban J connectivity index is 1.65. The van der Waals surface area contributed by atoms with Crippen LogP contribution < -0.4 is 5.32 Å². The van der Waals surface area contributed by atoms with Crippen LogP contribution in [-0.4, -0.2) is 26.8 Å². The van der Waals surface area contributed by atoms with E-state index in [1.807, 2.05) is 50.2 Å². The molecule has 0 saturated heterocycles. The third kappa shape index (κ3) is 3.16. The van der Waals surface area contributed by atoms with E-state index in [-0.39, 0.29) is 5.91 Å². The summed E-state index contributed by atoms with van der Waals surface area (Å²) in [5.41, 5.74) is 3.45.